The molecule has 0 bridgehead atoms. The average Bonchev–Trinajstić information content (AvgIpc) is 2.87. The van der Waals surface area contributed by atoms with Gasteiger partial charge < -0.3 is 24.8 Å². The Kier molecular flexibility index (Phi) is 12.5. The zero-order valence-electron chi connectivity index (χ0n) is 23.8. The Morgan fingerprint density at radius 1 is 0.838 bits per heavy atom. The molecule has 0 fully saturated rings. The normalized spacial score (nSPS) is 12.6. The Labute approximate surface area is 222 Å². The highest BCUT2D eigenvalue weighted by molar-refractivity contribution is 6.00. The van der Waals surface area contributed by atoms with E-state index >= 15 is 0 Å². The van der Waals surface area contributed by atoms with Crippen LogP contribution in [0.5, 0.6) is 17.2 Å². The number of rotatable bonds is 14. The number of amides is 2. The lowest BCUT2D eigenvalue weighted by Crippen LogP contribution is -2.31. The van der Waals surface area contributed by atoms with Gasteiger partial charge in [-0.1, -0.05) is 65.5 Å². The van der Waals surface area contributed by atoms with Crippen molar-refractivity contribution < 1.29 is 23.8 Å². The maximum atomic E-state index is 12.7. The van der Waals surface area contributed by atoms with Crippen molar-refractivity contribution in [1.82, 2.24) is 10.6 Å². The minimum absolute atomic E-state index is 0.319. The van der Waals surface area contributed by atoms with Gasteiger partial charge in [0.15, 0.2) is 11.5 Å². The second-order valence-corrected chi connectivity index (χ2v) is 10.1. The van der Waals surface area contributed by atoms with Crippen molar-refractivity contribution >= 4 is 23.0 Å². The van der Waals surface area contributed by atoms with E-state index in [0.717, 1.165) is 55.0 Å². The maximum Gasteiger partial charge on any atom is 0.412 e. The Bertz CT molecular complexity index is 1040. The number of benzene rings is 2. The third kappa shape index (κ3) is 9.13. The van der Waals surface area contributed by atoms with Gasteiger partial charge in [0.25, 0.3) is 0 Å². The fourth-order valence-electron chi connectivity index (χ4n) is 4.25. The summed E-state index contributed by atoms with van der Waals surface area (Å²) < 4.78 is 17.4. The van der Waals surface area contributed by atoms with Crippen molar-refractivity contribution in [3.63, 3.8) is 0 Å². The first-order valence-electron chi connectivity index (χ1n) is 13.8. The van der Waals surface area contributed by atoms with Crippen molar-refractivity contribution in [3.05, 3.63) is 29.3 Å². The van der Waals surface area contributed by atoms with Gasteiger partial charge >= 0.3 is 12.2 Å². The van der Waals surface area contributed by atoms with Crippen LogP contribution in [0.3, 0.4) is 0 Å². The minimum Gasteiger partial charge on any atom is -0.490 e. The van der Waals surface area contributed by atoms with Gasteiger partial charge in [0.2, 0.25) is 0 Å². The van der Waals surface area contributed by atoms with Gasteiger partial charge in [-0.3, -0.25) is 0 Å². The standard InChI is InChI=1S/C30H46N2O5/c1-8-11-13-20(4)18-31-29(33)36-25-17-26(35-10-3)28(24-16-15-22(6)23(7)27(24)25)37-30(34)32-19-21(5)14-12-9-2/h15-17,20-21H,8-14,18-19H2,1-7H3,(H,31,33)(H,32,34). The fraction of sp³-hybridized carbons (Fsp3) is 0.600. The van der Waals surface area contributed by atoms with Crippen molar-refractivity contribution in [1.29, 1.82) is 0 Å². The molecule has 2 N–H and O–H groups in total. The number of fused-ring (bicyclic) bond motifs is 1. The van der Waals surface area contributed by atoms with Gasteiger partial charge in [0.1, 0.15) is 5.75 Å². The van der Waals surface area contributed by atoms with E-state index in [2.05, 4.69) is 38.3 Å². The Balaban J connectivity index is 2.33. The molecule has 2 amide bonds. The Hall–Kier alpha value is -2.96. The van der Waals surface area contributed by atoms with Crippen LogP contribution in [0.25, 0.3) is 10.8 Å². The molecule has 7 nitrogen and oxygen atoms in total. The summed E-state index contributed by atoms with van der Waals surface area (Å²) in [6, 6.07) is 5.49. The van der Waals surface area contributed by atoms with Crippen LogP contribution in [0.1, 0.15) is 84.3 Å². The lowest BCUT2D eigenvalue weighted by molar-refractivity contribution is 0.194. The molecule has 0 aliphatic carbocycles. The molecule has 37 heavy (non-hydrogen) atoms. The van der Waals surface area contributed by atoms with Crippen molar-refractivity contribution in [2.75, 3.05) is 19.7 Å². The van der Waals surface area contributed by atoms with E-state index in [1.807, 2.05) is 32.9 Å². The van der Waals surface area contributed by atoms with Crippen LogP contribution in [0.4, 0.5) is 9.59 Å². The molecule has 0 radical (unpaired) electrons. The van der Waals surface area contributed by atoms with Gasteiger partial charge in [-0.05, 0) is 56.6 Å². The average molecular weight is 515 g/mol. The minimum atomic E-state index is -0.531. The van der Waals surface area contributed by atoms with Gasteiger partial charge in [-0.2, -0.15) is 0 Å². The molecule has 0 spiro atoms. The fourth-order valence-corrected chi connectivity index (χ4v) is 4.25. The molecular weight excluding hydrogens is 468 g/mol. The molecule has 206 valence electrons. The molecule has 0 aliphatic rings. The number of unbranched alkanes of at least 4 members (excludes halogenated alkanes) is 2. The SMILES string of the molecule is CCCCC(C)CNC(=O)Oc1c(OCC)cc(OC(=O)NCC(C)CCCC)c2c(C)c(C)ccc12. The number of nitrogens with one attached hydrogen (secondary N) is 2. The number of aryl methyl sites for hydroxylation is 2. The van der Waals surface area contributed by atoms with E-state index in [9.17, 15) is 9.59 Å². The zero-order chi connectivity index (χ0) is 27.4. The molecule has 2 rings (SSSR count). The first kappa shape index (κ1) is 30.3. The van der Waals surface area contributed by atoms with Crippen LogP contribution >= 0.6 is 0 Å². The Morgan fingerprint density at radius 2 is 1.41 bits per heavy atom. The molecule has 0 saturated heterocycles. The van der Waals surface area contributed by atoms with E-state index in [4.69, 9.17) is 14.2 Å². The monoisotopic (exact) mass is 514 g/mol. The van der Waals surface area contributed by atoms with E-state index < -0.39 is 12.2 Å². The molecular formula is C30H46N2O5. The number of carbonyl (C=O) groups is 2. The zero-order valence-corrected chi connectivity index (χ0v) is 23.8. The van der Waals surface area contributed by atoms with E-state index in [1.54, 1.807) is 6.07 Å². The number of ether oxygens (including phenoxy) is 3. The van der Waals surface area contributed by atoms with Crippen molar-refractivity contribution in [2.45, 2.75) is 87.0 Å². The molecule has 0 saturated carbocycles. The predicted octanol–water partition coefficient (Wildman–Crippen LogP) is 7.68. The summed E-state index contributed by atoms with van der Waals surface area (Å²) in [4.78, 5) is 25.5. The molecule has 2 aromatic rings. The van der Waals surface area contributed by atoms with Crippen molar-refractivity contribution in [2.24, 2.45) is 11.8 Å². The highest BCUT2D eigenvalue weighted by atomic mass is 16.6. The van der Waals surface area contributed by atoms with Crippen LogP contribution in [0, 0.1) is 25.7 Å². The second-order valence-electron chi connectivity index (χ2n) is 10.1. The summed E-state index contributed by atoms with van der Waals surface area (Å²) in [5.41, 5.74) is 1.98. The first-order valence-corrected chi connectivity index (χ1v) is 13.8. The van der Waals surface area contributed by atoms with E-state index in [1.165, 1.54) is 0 Å². The van der Waals surface area contributed by atoms with E-state index in [0.29, 0.717) is 54.2 Å². The summed E-state index contributed by atoms with van der Waals surface area (Å²) in [5.74, 6) is 1.77. The maximum absolute atomic E-state index is 12.7. The van der Waals surface area contributed by atoms with Crippen LogP contribution < -0.4 is 24.8 Å². The van der Waals surface area contributed by atoms with Crippen LogP contribution in [0.15, 0.2) is 18.2 Å². The molecule has 0 aromatic heterocycles. The Morgan fingerprint density at radius 3 is 1.95 bits per heavy atom. The summed E-state index contributed by atoms with van der Waals surface area (Å²) in [5, 5.41) is 7.13. The predicted molar refractivity (Wildman–Crippen MR) is 150 cm³/mol. The number of hydrogen-bond donors (Lipinski definition) is 2. The number of carbonyl (C=O) groups excluding carboxylic acids is 2. The topological polar surface area (TPSA) is 85.9 Å². The smallest absolute Gasteiger partial charge is 0.412 e. The second kappa shape index (κ2) is 15.3. The quantitative estimate of drug-likeness (QED) is 0.270. The molecule has 2 aromatic carbocycles. The van der Waals surface area contributed by atoms with Gasteiger partial charge in [-0.25, -0.2) is 9.59 Å². The summed E-state index contributed by atoms with van der Waals surface area (Å²) >= 11 is 0. The summed E-state index contributed by atoms with van der Waals surface area (Å²) in [6.07, 6.45) is 5.57. The summed E-state index contributed by atoms with van der Waals surface area (Å²) in [6.45, 7) is 15.8. The molecule has 7 heteroatoms. The van der Waals surface area contributed by atoms with Gasteiger partial charge in [-0.15, -0.1) is 0 Å². The molecule has 2 atom stereocenters. The van der Waals surface area contributed by atoms with Gasteiger partial charge in [0.05, 0.1) is 6.61 Å². The van der Waals surface area contributed by atoms with E-state index in [-0.39, 0.29) is 0 Å². The molecule has 0 heterocycles. The first-order chi connectivity index (χ1) is 17.7. The van der Waals surface area contributed by atoms with Crippen LogP contribution in [-0.4, -0.2) is 31.9 Å². The number of hydrogen-bond acceptors (Lipinski definition) is 5. The molecule has 2 unspecified atom stereocenters. The third-order valence-electron chi connectivity index (χ3n) is 6.70. The highest BCUT2D eigenvalue weighted by Gasteiger charge is 2.22. The van der Waals surface area contributed by atoms with Crippen LogP contribution in [0.2, 0.25) is 0 Å². The highest BCUT2D eigenvalue weighted by Crippen LogP contribution is 2.44. The van der Waals surface area contributed by atoms with Gasteiger partial charge in [0, 0.05) is 29.9 Å². The van der Waals surface area contributed by atoms with Crippen LogP contribution in [-0.2, 0) is 0 Å². The van der Waals surface area contributed by atoms with Crippen molar-refractivity contribution in [3.8, 4) is 17.2 Å². The summed E-state index contributed by atoms with van der Waals surface area (Å²) in [7, 11) is 0. The largest absolute Gasteiger partial charge is 0.490 e. The lowest BCUT2D eigenvalue weighted by atomic mass is 9.99. The lowest BCUT2D eigenvalue weighted by Gasteiger charge is -2.19. The molecule has 0 aliphatic heterocycles. The third-order valence-corrected chi connectivity index (χ3v) is 6.70.